The number of carbonyl (C=O) groups is 1. The molecule has 18 heavy (non-hydrogen) atoms. The third-order valence-corrected chi connectivity index (χ3v) is 2.06. The Morgan fingerprint density at radius 2 is 2.22 bits per heavy atom. The van der Waals surface area contributed by atoms with Crippen molar-refractivity contribution in [3.05, 3.63) is 35.4 Å². The van der Waals surface area contributed by atoms with Gasteiger partial charge in [0, 0.05) is 0 Å². The minimum atomic E-state index is -0.372. The molecule has 0 aliphatic carbocycles. The topological polar surface area (TPSA) is 105 Å². The SMILES string of the molecule is COC(=O)c1ccc(/C=N\Nc2nn[nH]n2)cc1. The quantitative estimate of drug-likeness (QED) is 0.460. The van der Waals surface area contributed by atoms with Crippen molar-refractivity contribution in [2.24, 2.45) is 5.10 Å². The Bertz CT molecular complexity index is 534. The molecule has 0 amide bonds. The molecule has 0 spiro atoms. The molecule has 1 aromatic carbocycles. The molecule has 2 aromatic rings. The molecule has 1 heterocycles. The van der Waals surface area contributed by atoms with Crippen LogP contribution in [-0.4, -0.2) is 39.9 Å². The second kappa shape index (κ2) is 5.53. The number of nitrogens with zero attached hydrogens (tertiary/aromatic N) is 4. The first-order valence-corrected chi connectivity index (χ1v) is 5.00. The highest BCUT2D eigenvalue weighted by Gasteiger charge is 2.03. The molecule has 0 saturated heterocycles. The van der Waals surface area contributed by atoms with Crippen LogP contribution >= 0.6 is 0 Å². The van der Waals surface area contributed by atoms with Gasteiger partial charge in [-0.3, -0.25) is 0 Å². The summed E-state index contributed by atoms with van der Waals surface area (Å²) >= 11 is 0. The maximum atomic E-state index is 11.2. The first-order valence-electron chi connectivity index (χ1n) is 5.00. The van der Waals surface area contributed by atoms with E-state index in [4.69, 9.17) is 0 Å². The van der Waals surface area contributed by atoms with Gasteiger partial charge in [0.2, 0.25) is 0 Å². The molecule has 8 nitrogen and oxygen atoms in total. The molecule has 92 valence electrons. The molecule has 0 fully saturated rings. The number of hydrazone groups is 1. The number of methoxy groups -OCH3 is 1. The van der Waals surface area contributed by atoms with Gasteiger partial charge in [-0.1, -0.05) is 17.2 Å². The van der Waals surface area contributed by atoms with Crippen LogP contribution < -0.4 is 5.43 Å². The van der Waals surface area contributed by atoms with E-state index < -0.39 is 0 Å². The molecular formula is C10H10N6O2. The lowest BCUT2D eigenvalue weighted by Gasteiger charge is -1.98. The van der Waals surface area contributed by atoms with Gasteiger partial charge in [0.25, 0.3) is 5.95 Å². The standard InChI is InChI=1S/C10H10N6O2/c1-18-9(17)8-4-2-7(3-5-8)6-11-12-10-13-15-16-14-10/h2-6H,1H3,(H2,12,13,14,15,16)/b11-6-. The maximum Gasteiger partial charge on any atom is 0.337 e. The lowest BCUT2D eigenvalue weighted by atomic mass is 10.1. The van der Waals surface area contributed by atoms with E-state index >= 15 is 0 Å². The molecule has 2 rings (SSSR count). The van der Waals surface area contributed by atoms with Crippen molar-refractivity contribution in [3.63, 3.8) is 0 Å². The highest BCUT2D eigenvalue weighted by Crippen LogP contribution is 2.04. The third-order valence-electron chi connectivity index (χ3n) is 2.06. The zero-order valence-corrected chi connectivity index (χ0v) is 9.49. The molecule has 0 saturated carbocycles. The van der Waals surface area contributed by atoms with Crippen molar-refractivity contribution in [1.29, 1.82) is 0 Å². The van der Waals surface area contributed by atoms with E-state index in [0.29, 0.717) is 5.56 Å². The van der Waals surface area contributed by atoms with E-state index in [1.165, 1.54) is 7.11 Å². The van der Waals surface area contributed by atoms with Gasteiger partial charge in [0.05, 0.1) is 18.9 Å². The number of hydrogen-bond acceptors (Lipinski definition) is 7. The van der Waals surface area contributed by atoms with Crippen molar-refractivity contribution < 1.29 is 9.53 Å². The van der Waals surface area contributed by atoms with Gasteiger partial charge in [-0.05, 0) is 22.9 Å². The van der Waals surface area contributed by atoms with Crippen LogP contribution in [0.4, 0.5) is 5.95 Å². The van der Waals surface area contributed by atoms with Crippen molar-refractivity contribution >= 4 is 18.1 Å². The van der Waals surface area contributed by atoms with E-state index in [1.807, 2.05) is 0 Å². The van der Waals surface area contributed by atoms with E-state index in [1.54, 1.807) is 30.5 Å². The Morgan fingerprint density at radius 3 is 2.83 bits per heavy atom. The Morgan fingerprint density at radius 1 is 1.44 bits per heavy atom. The monoisotopic (exact) mass is 246 g/mol. The summed E-state index contributed by atoms with van der Waals surface area (Å²) in [6.07, 6.45) is 1.57. The predicted molar refractivity (Wildman–Crippen MR) is 63.2 cm³/mol. The van der Waals surface area contributed by atoms with Crippen molar-refractivity contribution in [1.82, 2.24) is 20.6 Å². The van der Waals surface area contributed by atoms with Gasteiger partial charge in [0.15, 0.2) is 0 Å². The zero-order valence-electron chi connectivity index (χ0n) is 9.49. The first kappa shape index (κ1) is 11.7. The molecule has 8 heteroatoms. The van der Waals surface area contributed by atoms with Gasteiger partial charge in [0.1, 0.15) is 0 Å². The number of tetrazole rings is 1. The average Bonchev–Trinajstić information content (AvgIpc) is 2.92. The number of nitrogens with one attached hydrogen (secondary N) is 2. The summed E-state index contributed by atoms with van der Waals surface area (Å²) in [5.74, 6) is -0.0964. The summed E-state index contributed by atoms with van der Waals surface area (Å²) in [5, 5.41) is 16.9. The van der Waals surface area contributed by atoms with Crippen molar-refractivity contribution in [3.8, 4) is 0 Å². The van der Waals surface area contributed by atoms with Gasteiger partial charge < -0.3 is 4.74 Å². The van der Waals surface area contributed by atoms with E-state index in [2.05, 4.69) is 35.9 Å². The number of aromatic nitrogens is 4. The summed E-state index contributed by atoms with van der Waals surface area (Å²) in [6, 6.07) is 6.80. The fourth-order valence-corrected chi connectivity index (χ4v) is 1.20. The highest BCUT2D eigenvalue weighted by atomic mass is 16.5. The Labute approximate surface area is 102 Å². The maximum absolute atomic E-state index is 11.2. The minimum Gasteiger partial charge on any atom is -0.465 e. The summed E-state index contributed by atoms with van der Waals surface area (Å²) in [6.45, 7) is 0. The van der Waals surface area contributed by atoms with Crippen LogP contribution in [0.3, 0.4) is 0 Å². The smallest absolute Gasteiger partial charge is 0.337 e. The second-order valence-corrected chi connectivity index (χ2v) is 3.22. The van der Waals surface area contributed by atoms with Crippen LogP contribution in [0.2, 0.25) is 0 Å². The minimum absolute atomic E-state index is 0.275. The third kappa shape index (κ3) is 2.88. The van der Waals surface area contributed by atoms with E-state index in [-0.39, 0.29) is 11.9 Å². The molecule has 0 unspecified atom stereocenters. The number of benzene rings is 1. The number of esters is 1. The summed E-state index contributed by atoms with van der Waals surface area (Å²) < 4.78 is 4.59. The number of anilines is 1. The summed E-state index contributed by atoms with van der Waals surface area (Å²) in [7, 11) is 1.34. The van der Waals surface area contributed by atoms with Gasteiger partial charge in [-0.25, -0.2) is 10.2 Å². The first-order chi connectivity index (χ1) is 8.79. The van der Waals surface area contributed by atoms with Gasteiger partial charge in [-0.2, -0.15) is 10.3 Å². The molecule has 0 radical (unpaired) electrons. The predicted octanol–water partition coefficient (Wildman–Crippen LogP) is 0.432. The molecule has 2 N–H and O–H groups in total. The van der Waals surface area contributed by atoms with Gasteiger partial charge in [-0.15, -0.1) is 5.10 Å². The summed E-state index contributed by atoms with van der Waals surface area (Å²) in [4.78, 5) is 11.2. The summed E-state index contributed by atoms with van der Waals surface area (Å²) in [5.41, 5.74) is 3.89. The number of hydrogen-bond donors (Lipinski definition) is 2. The normalized spacial score (nSPS) is 10.5. The van der Waals surface area contributed by atoms with Crippen LogP contribution in [0, 0.1) is 0 Å². The highest BCUT2D eigenvalue weighted by molar-refractivity contribution is 5.90. The zero-order chi connectivity index (χ0) is 12.8. The van der Waals surface area contributed by atoms with Crippen molar-refractivity contribution in [2.75, 3.05) is 12.5 Å². The average molecular weight is 246 g/mol. The number of H-pyrrole nitrogens is 1. The Balaban J connectivity index is 1.97. The van der Waals surface area contributed by atoms with Gasteiger partial charge >= 0.3 is 5.97 Å². The van der Waals surface area contributed by atoms with Crippen LogP contribution in [0.25, 0.3) is 0 Å². The van der Waals surface area contributed by atoms with Crippen molar-refractivity contribution in [2.45, 2.75) is 0 Å². The van der Waals surface area contributed by atoms with Crippen LogP contribution in [-0.2, 0) is 4.74 Å². The number of ether oxygens (including phenoxy) is 1. The van der Waals surface area contributed by atoms with E-state index in [0.717, 1.165) is 5.56 Å². The van der Waals surface area contributed by atoms with Crippen LogP contribution in [0.5, 0.6) is 0 Å². The number of carbonyl (C=O) groups excluding carboxylic acids is 1. The lowest BCUT2D eigenvalue weighted by Crippen LogP contribution is -2.00. The fourth-order valence-electron chi connectivity index (χ4n) is 1.20. The van der Waals surface area contributed by atoms with Crippen LogP contribution in [0.1, 0.15) is 15.9 Å². The molecule has 0 aliphatic heterocycles. The molecule has 0 atom stereocenters. The number of rotatable bonds is 4. The molecule has 0 aliphatic rings. The molecule has 1 aromatic heterocycles. The van der Waals surface area contributed by atoms with Crippen LogP contribution in [0.15, 0.2) is 29.4 Å². The molecule has 0 bridgehead atoms. The lowest BCUT2D eigenvalue weighted by molar-refractivity contribution is 0.0601. The van der Waals surface area contributed by atoms with E-state index in [9.17, 15) is 4.79 Å². The second-order valence-electron chi connectivity index (χ2n) is 3.22. The fraction of sp³-hybridized carbons (Fsp3) is 0.100. The number of aromatic amines is 1. The Hall–Kier alpha value is -2.77. The Kier molecular flexibility index (Phi) is 3.59. The molecular weight excluding hydrogens is 236 g/mol. The largest absolute Gasteiger partial charge is 0.465 e.